The summed E-state index contributed by atoms with van der Waals surface area (Å²) in [4.78, 5) is 31.4. The maximum Gasteiger partial charge on any atom is 0.272 e. The molecule has 5 rings (SSSR count). The summed E-state index contributed by atoms with van der Waals surface area (Å²) < 4.78 is 3.55. The van der Waals surface area contributed by atoms with Crippen LogP contribution in [0.4, 0.5) is 0 Å². The van der Waals surface area contributed by atoms with Gasteiger partial charge in [0.15, 0.2) is 0 Å². The number of nitrogens with zero attached hydrogens (tertiary/aromatic N) is 5. The van der Waals surface area contributed by atoms with E-state index >= 15 is 0 Å². The molecule has 1 fully saturated rings. The molecule has 3 aromatic heterocycles. The van der Waals surface area contributed by atoms with E-state index in [0.29, 0.717) is 23.7 Å². The van der Waals surface area contributed by atoms with Gasteiger partial charge in [0.2, 0.25) is 0 Å². The number of fused-ring (bicyclic) bond motifs is 1. The molecule has 0 saturated carbocycles. The van der Waals surface area contributed by atoms with Gasteiger partial charge >= 0.3 is 0 Å². The van der Waals surface area contributed by atoms with Gasteiger partial charge in [-0.1, -0.05) is 12.1 Å². The number of aromatic nitrogens is 4. The molecule has 4 heterocycles. The Labute approximate surface area is 191 Å². The first-order chi connectivity index (χ1) is 16.1. The number of nitrogens with one attached hydrogen (secondary N) is 1. The van der Waals surface area contributed by atoms with Crippen molar-refractivity contribution in [2.24, 2.45) is 7.05 Å². The van der Waals surface area contributed by atoms with E-state index in [4.69, 9.17) is 0 Å². The number of imidazole rings is 1. The summed E-state index contributed by atoms with van der Waals surface area (Å²) in [6.07, 6.45) is 9.05. The highest BCUT2D eigenvalue weighted by atomic mass is 16.2. The Bertz CT molecular complexity index is 1280. The first-order valence-corrected chi connectivity index (χ1v) is 11.2. The molecule has 0 spiro atoms. The van der Waals surface area contributed by atoms with Crippen LogP contribution in [0, 0.1) is 0 Å². The van der Waals surface area contributed by atoms with Crippen molar-refractivity contribution in [3.05, 3.63) is 89.6 Å². The molecule has 33 heavy (non-hydrogen) atoms. The average Bonchev–Trinajstić information content (AvgIpc) is 3.50. The number of piperidine rings is 1. The molecule has 0 unspecified atom stereocenters. The summed E-state index contributed by atoms with van der Waals surface area (Å²) in [6, 6.07) is 13.5. The van der Waals surface area contributed by atoms with Gasteiger partial charge in [-0.05, 0) is 60.2 Å². The van der Waals surface area contributed by atoms with E-state index in [9.17, 15) is 9.59 Å². The minimum atomic E-state index is -0.0960. The largest absolute Gasteiger partial charge is 0.348 e. The topological polar surface area (TPSA) is 84.5 Å². The molecule has 4 aromatic rings. The lowest BCUT2D eigenvalue weighted by molar-refractivity contribution is 0.0701. The van der Waals surface area contributed by atoms with Gasteiger partial charge in [0.25, 0.3) is 11.8 Å². The fourth-order valence-corrected chi connectivity index (χ4v) is 4.42. The van der Waals surface area contributed by atoms with E-state index in [1.165, 1.54) is 5.56 Å². The summed E-state index contributed by atoms with van der Waals surface area (Å²) >= 11 is 0. The number of amides is 2. The summed E-state index contributed by atoms with van der Waals surface area (Å²) in [5, 5.41) is 7.07. The van der Waals surface area contributed by atoms with E-state index in [1.807, 2.05) is 58.1 Å². The highest BCUT2D eigenvalue weighted by Crippen LogP contribution is 2.29. The molecular formula is C25H26N6O2. The second-order valence-corrected chi connectivity index (χ2v) is 8.44. The van der Waals surface area contributed by atoms with Crippen molar-refractivity contribution in [2.75, 3.05) is 13.1 Å². The molecule has 8 heteroatoms. The van der Waals surface area contributed by atoms with Gasteiger partial charge in [-0.3, -0.25) is 14.3 Å². The van der Waals surface area contributed by atoms with Crippen LogP contribution in [0.2, 0.25) is 0 Å². The van der Waals surface area contributed by atoms with Gasteiger partial charge in [0.05, 0.1) is 0 Å². The lowest BCUT2D eigenvalue weighted by Crippen LogP contribution is -2.38. The number of hydrogen-bond acceptors (Lipinski definition) is 4. The van der Waals surface area contributed by atoms with Gasteiger partial charge in [0, 0.05) is 57.0 Å². The van der Waals surface area contributed by atoms with Crippen LogP contribution < -0.4 is 5.32 Å². The summed E-state index contributed by atoms with van der Waals surface area (Å²) in [5.74, 6) is 0.327. The second kappa shape index (κ2) is 8.90. The Morgan fingerprint density at radius 2 is 1.82 bits per heavy atom. The van der Waals surface area contributed by atoms with Crippen molar-refractivity contribution in [3.63, 3.8) is 0 Å². The third-order valence-corrected chi connectivity index (χ3v) is 6.38. The minimum absolute atomic E-state index is 0.0346. The SMILES string of the molecule is Cn1nccc1C(=O)N1CCC(c2ccc(C(=O)NCc3ccn4ccnc4c3)cc2)CC1. The quantitative estimate of drug-likeness (QED) is 0.515. The molecule has 168 valence electrons. The normalized spacial score (nSPS) is 14.5. The summed E-state index contributed by atoms with van der Waals surface area (Å²) in [6.45, 7) is 1.89. The van der Waals surface area contributed by atoms with Crippen LogP contribution in [0.1, 0.15) is 50.7 Å². The first kappa shape index (κ1) is 20.9. The molecule has 2 amide bonds. The Hall–Kier alpha value is -3.94. The number of aryl methyl sites for hydroxylation is 1. The highest BCUT2D eigenvalue weighted by Gasteiger charge is 2.26. The molecule has 0 atom stereocenters. The lowest BCUT2D eigenvalue weighted by atomic mass is 9.89. The zero-order valence-electron chi connectivity index (χ0n) is 18.5. The molecule has 0 radical (unpaired) electrons. The van der Waals surface area contributed by atoms with Crippen molar-refractivity contribution in [3.8, 4) is 0 Å². The molecule has 1 aromatic carbocycles. The molecule has 1 aliphatic heterocycles. The van der Waals surface area contributed by atoms with Crippen molar-refractivity contribution in [1.82, 2.24) is 29.4 Å². The number of pyridine rings is 1. The van der Waals surface area contributed by atoms with Crippen LogP contribution in [0.3, 0.4) is 0 Å². The third kappa shape index (κ3) is 4.37. The maximum absolute atomic E-state index is 12.7. The van der Waals surface area contributed by atoms with Gasteiger partial charge < -0.3 is 14.6 Å². The molecule has 0 aliphatic carbocycles. The van der Waals surface area contributed by atoms with Crippen molar-refractivity contribution in [1.29, 1.82) is 0 Å². The summed E-state index contributed by atoms with van der Waals surface area (Å²) in [7, 11) is 1.79. The van der Waals surface area contributed by atoms with Crippen molar-refractivity contribution in [2.45, 2.75) is 25.3 Å². The molecule has 1 N–H and O–H groups in total. The standard InChI is InChI=1S/C25H26N6O2/c1-29-22(6-10-28-29)25(33)31-13-8-20(9-14-31)19-2-4-21(5-3-19)24(32)27-17-18-7-12-30-15-11-26-23(30)16-18/h2-7,10-12,15-16,20H,8-9,13-14,17H2,1H3,(H,27,32). The van der Waals surface area contributed by atoms with Gasteiger partial charge in [-0.15, -0.1) is 0 Å². The van der Waals surface area contributed by atoms with E-state index in [0.717, 1.165) is 37.1 Å². The smallest absolute Gasteiger partial charge is 0.272 e. The number of carbonyl (C=O) groups is 2. The zero-order valence-corrected chi connectivity index (χ0v) is 18.5. The maximum atomic E-state index is 12.7. The minimum Gasteiger partial charge on any atom is -0.348 e. The number of likely N-dealkylation sites (tertiary alicyclic amines) is 1. The Morgan fingerprint density at radius 1 is 1.03 bits per heavy atom. The third-order valence-electron chi connectivity index (χ3n) is 6.38. The fourth-order valence-electron chi connectivity index (χ4n) is 4.42. The van der Waals surface area contributed by atoms with Crippen molar-refractivity contribution < 1.29 is 9.59 Å². The van der Waals surface area contributed by atoms with Crippen LogP contribution in [0.15, 0.2) is 67.3 Å². The second-order valence-electron chi connectivity index (χ2n) is 8.44. The first-order valence-electron chi connectivity index (χ1n) is 11.2. The number of hydrogen-bond donors (Lipinski definition) is 1. The predicted molar refractivity (Wildman–Crippen MR) is 124 cm³/mol. The Morgan fingerprint density at radius 3 is 2.55 bits per heavy atom. The van der Waals surface area contributed by atoms with Crippen LogP contribution in [-0.4, -0.2) is 49.0 Å². The number of rotatable bonds is 5. The molecule has 1 aliphatic rings. The monoisotopic (exact) mass is 442 g/mol. The van der Waals surface area contributed by atoms with Crippen LogP contribution in [0.5, 0.6) is 0 Å². The lowest BCUT2D eigenvalue weighted by Gasteiger charge is -2.32. The van der Waals surface area contributed by atoms with Gasteiger partial charge in [-0.2, -0.15) is 5.10 Å². The highest BCUT2D eigenvalue weighted by molar-refractivity contribution is 5.94. The van der Waals surface area contributed by atoms with E-state index < -0.39 is 0 Å². The average molecular weight is 443 g/mol. The molecule has 1 saturated heterocycles. The van der Waals surface area contributed by atoms with Crippen LogP contribution >= 0.6 is 0 Å². The molecule has 0 bridgehead atoms. The molecular weight excluding hydrogens is 416 g/mol. The predicted octanol–water partition coefficient (Wildman–Crippen LogP) is 3.02. The van der Waals surface area contributed by atoms with Crippen LogP contribution in [0.25, 0.3) is 5.65 Å². The fraction of sp³-hybridized carbons (Fsp3) is 0.280. The summed E-state index contributed by atoms with van der Waals surface area (Å²) in [5.41, 5.74) is 4.34. The van der Waals surface area contributed by atoms with Gasteiger partial charge in [0.1, 0.15) is 11.3 Å². The zero-order chi connectivity index (χ0) is 22.8. The Kier molecular flexibility index (Phi) is 5.64. The van der Waals surface area contributed by atoms with Crippen molar-refractivity contribution >= 4 is 17.5 Å². The number of benzene rings is 1. The Balaban J connectivity index is 1.15. The molecule has 8 nitrogen and oxygen atoms in total. The van der Waals surface area contributed by atoms with E-state index in [2.05, 4.69) is 15.4 Å². The van der Waals surface area contributed by atoms with E-state index in [1.54, 1.807) is 30.2 Å². The van der Waals surface area contributed by atoms with E-state index in [-0.39, 0.29) is 11.8 Å². The number of carbonyl (C=O) groups excluding carboxylic acids is 2. The van der Waals surface area contributed by atoms with Gasteiger partial charge in [-0.25, -0.2) is 4.98 Å². The van der Waals surface area contributed by atoms with Crippen LogP contribution in [-0.2, 0) is 13.6 Å².